The van der Waals surface area contributed by atoms with Crippen LogP contribution in [0.1, 0.15) is 28.8 Å². The van der Waals surface area contributed by atoms with Gasteiger partial charge in [0.25, 0.3) is 5.91 Å². The molecule has 2 heterocycles. The molecule has 1 aliphatic heterocycles. The molecule has 0 atom stereocenters. The monoisotopic (exact) mass is 361 g/mol. The highest BCUT2D eigenvalue weighted by atomic mass is 16.1. The molecule has 0 saturated carbocycles. The number of hydrogen-bond donors (Lipinski definition) is 1. The Morgan fingerprint density at radius 2 is 1.81 bits per heavy atom. The maximum absolute atomic E-state index is 12.3. The average Bonchev–Trinajstić information content (AvgIpc) is 3.26. The van der Waals surface area contributed by atoms with E-state index in [9.17, 15) is 4.79 Å². The van der Waals surface area contributed by atoms with Crippen molar-refractivity contribution in [2.75, 3.05) is 24.5 Å². The van der Waals surface area contributed by atoms with Crippen LogP contribution in [0.15, 0.2) is 61.2 Å². The SMILES string of the molecule is O=C(NCCCN1CCCc2ccccc21)c1ccc(-n2cnnc2)cc1. The number of fused-ring (bicyclic) bond motifs is 1. The highest BCUT2D eigenvalue weighted by molar-refractivity contribution is 5.94. The second-order valence-electron chi connectivity index (χ2n) is 6.74. The molecule has 2 aromatic carbocycles. The van der Waals surface area contributed by atoms with E-state index >= 15 is 0 Å². The highest BCUT2D eigenvalue weighted by Crippen LogP contribution is 2.26. The summed E-state index contributed by atoms with van der Waals surface area (Å²) in [6, 6.07) is 16.1. The lowest BCUT2D eigenvalue weighted by Crippen LogP contribution is -2.33. The van der Waals surface area contributed by atoms with Gasteiger partial charge in [0, 0.05) is 36.6 Å². The molecule has 0 spiro atoms. The maximum atomic E-state index is 12.3. The van der Waals surface area contributed by atoms with Gasteiger partial charge in [0.1, 0.15) is 12.7 Å². The molecule has 6 nitrogen and oxygen atoms in total. The third kappa shape index (κ3) is 4.00. The number of para-hydroxylation sites is 1. The molecule has 0 radical (unpaired) electrons. The van der Waals surface area contributed by atoms with E-state index in [1.165, 1.54) is 17.7 Å². The first kappa shape index (κ1) is 17.3. The second-order valence-corrected chi connectivity index (χ2v) is 6.74. The van der Waals surface area contributed by atoms with Crippen molar-refractivity contribution in [3.63, 3.8) is 0 Å². The van der Waals surface area contributed by atoms with Crippen LogP contribution >= 0.6 is 0 Å². The van der Waals surface area contributed by atoms with Crippen LogP contribution in [0, 0.1) is 0 Å². The molecular weight excluding hydrogens is 338 g/mol. The first-order valence-corrected chi connectivity index (χ1v) is 9.37. The Labute approximate surface area is 158 Å². The summed E-state index contributed by atoms with van der Waals surface area (Å²) in [5.41, 5.74) is 4.37. The molecule has 27 heavy (non-hydrogen) atoms. The Balaban J connectivity index is 1.27. The van der Waals surface area contributed by atoms with Gasteiger partial charge in [-0.25, -0.2) is 0 Å². The summed E-state index contributed by atoms with van der Waals surface area (Å²) < 4.78 is 1.80. The van der Waals surface area contributed by atoms with E-state index < -0.39 is 0 Å². The average molecular weight is 361 g/mol. The van der Waals surface area contributed by atoms with Crippen molar-refractivity contribution in [1.82, 2.24) is 20.1 Å². The molecule has 3 aromatic rings. The minimum absolute atomic E-state index is 0.0376. The van der Waals surface area contributed by atoms with E-state index in [1.807, 2.05) is 24.3 Å². The summed E-state index contributed by atoms with van der Waals surface area (Å²) in [5.74, 6) is -0.0376. The zero-order chi connectivity index (χ0) is 18.5. The van der Waals surface area contributed by atoms with Crippen molar-refractivity contribution in [1.29, 1.82) is 0 Å². The Morgan fingerprint density at radius 1 is 1.04 bits per heavy atom. The highest BCUT2D eigenvalue weighted by Gasteiger charge is 2.15. The van der Waals surface area contributed by atoms with Gasteiger partial charge in [0.2, 0.25) is 0 Å². The predicted octanol–water partition coefficient (Wildman–Crippen LogP) is 2.84. The summed E-state index contributed by atoms with van der Waals surface area (Å²) in [4.78, 5) is 14.8. The summed E-state index contributed by atoms with van der Waals surface area (Å²) in [7, 11) is 0. The van der Waals surface area contributed by atoms with Gasteiger partial charge in [-0.2, -0.15) is 0 Å². The van der Waals surface area contributed by atoms with E-state index in [-0.39, 0.29) is 5.91 Å². The molecule has 4 rings (SSSR count). The van der Waals surface area contributed by atoms with E-state index in [4.69, 9.17) is 0 Å². The molecule has 1 aromatic heterocycles. The standard InChI is InChI=1S/C21H23N5O/c27-21(18-8-10-19(11-9-18)26-15-23-24-16-26)22-12-4-14-25-13-3-6-17-5-1-2-7-20(17)25/h1-2,5,7-11,15-16H,3-4,6,12-14H2,(H,22,27). The quantitative estimate of drug-likeness (QED) is 0.686. The van der Waals surface area contributed by atoms with Gasteiger partial charge in [-0.3, -0.25) is 9.36 Å². The minimum atomic E-state index is -0.0376. The molecule has 138 valence electrons. The number of amides is 1. The maximum Gasteiger partial charge on any atom is 0.251 e. The molecule has 1 N–H and O–H groups in total. The van der Waals surface area contributed by atoms with Crippen molar-refractivity contribution in [2.24, 2.45) is 0 Å². The van der Waals surface area contributed by atoms with Gasteiger partial charge in [-0.05, 0) is 55.2 Å². The van der Waals surface area contributed by atoms with E-state index in [2.05, 4.69) is 44.7 Å². The number of anilines is 1. The fourth-order valence-corrected chi connectivity index (χ4v) is 3.54. The second kappa shape index (κ2) is 8.03. The van der Waals surface area contributed by atoms with Crippen molar-refractivity contribution in [3.8, 4) is 5.69 Å². The van der Waals surface area contributed by atoms with Crippen LogP contribution in [0.2, 0.25) is 0 Å². The van der Waals surface area contributed by atoms with E-state index in [0.29, 0.717) is 12.1 Å². The molecule has 0 saturated heterocycles. The number of nitrogens with zero attached hydrogens (tertiary/aromatic N) is 4. The van der Waals surface area contributed by atoms with Crippen LogP contribution in [0.25, 0.3) is 5.69 Å². The Kier molecular flexibility index (Phi) is 5.14. The molecule has 1 amide bonds. The fraction of sp³-hybridized carbons (Fsp3) is 0.286. The van der Waals surface area contributed by atoms with E-state index in [0.717, 1.165) is 31.6 Å². The van der Waals surface area contributed by atoms with Crippen LogP contribution < -0.4 is 10.2 Å². The third-order valence-corrected chi connectivity index (χ3v) is 4.94. The first-order valence-electron chi connectivity index (χ1n) is 9.37. The Hall–Kier alpha value is -3.15. The minimum Gasteiger partial charge on any atom is -0.371 e. The van der Waals surface area contributed by atoms with Crippen LogP contribution in [0.4, 0.5) is 5.69 Å². The summed E-state index contributed by atoms with van der Waals surface area (Å²) >= 11 is 0. The normalized spacial score (nSPS) is 13.3. The lowest BCUT2D eigenvalue weighted by Gasteiger charge is -2.31. The van der Waals surface area contributed by atoms with Gasteiger partial charge in [0.05, 0.1) is 0 Å². The van der Waals surface area contributed by atoms with Gasteiger partial charge in [-0.1, -0.05) is 18.2 Å². The lowest BCUT2D eigenvalue weighted by molar-refractivity contribution is 0.0953. The van der Waals surface area contributed by atoms with Crippen molar-refractivity contribution >= 4 is 11.6 Å². The largest absolute Gasteiger partial charge is 0.371 e. The van der Waals surface area contributed by atoms with Gasteiger partial charge in [0.15, 0.2) is 0 Å². The molecule has 0 fully saturated rings. The molecule has 1 aliphatic rings. The summed E-state index contributed by atoms with van der Waals surface area (Å²) in [5, 5.41) is 10.6. The zero-order valence-corrected chi connectivity index (χ0v) is 15.2. The number of carbonyl (C=O) groups is 1. The smallest absolute Gasteiger partial charge is 0.251 e. The Bertz CT molecular complexity index is 889. The third-order valence-electron chi connectivity index (χ3n) is 4.94. The first-order chi connectivity index (χ1) is 13.3. The zero-order valence-electron chi connectivity index (χ0n) is 15.2. The van der Waals surface area contributed by atoms with Gasteiger partial charge < -0.3 is 10.2 Å². The number of hydrogen-bond acceptors (Lipinski definition) is 4. The number of rotatable bonds is 6. The Morgan fingerprint density at radius 3 is 2.63 bits per heavy atom. The molecular formula is C21H23N5O. The van der Waals surface area contributed by atoms with Crippen molar-refractivity contribution in [2.45, 2.75) is 19.3 Å². The fourth-order valence-electron chi connectivity index (χ4n) is 3.54. The molecule has 6 heteroatoms. The van der Waals surface area contributed by atoms with E-state index in [1.54, 1.807) is 17.2 Å². The van der Waals surface area contributed by atoms with Crippen LogP contribution in [-0.4, -0.2) is 40.3 Å². The number of aromatic nitrogens is 3. The molecule has 0 bridgehead atoms. The summed E-state index contributed by atoms with van der Waals surface area (Å²) in [6.07, 6.45) is 6.55. The lowest BCUT2D eigenvalue weighted by atomic mass is 10.0. The number of nitrogens with one attached hydrogen (secondary N) is 1. The number of benzene rings is 2. The van der Waals surface area contributed by atoms with Crippen molar-refractivity contribution < 1.29 is 4.79 Å². The predicted molar refractivity (Wildman–Crippen MR) is 105 cm³/mol. The number of carbonyl (C=O) groups excluding carboxylic acids is 1. The summed E-state index contributed by atoms with van der Waals surface area (Å²) in [6.45, 7) is 2.73. The molecule has 0 aliphatic carbocycles. The topological polar surface area (TPSA) is 63.1 Å². The van der Waals surface area contributed by atoms with Gasteiger partial charge in [-0.15, -0.1) is 10.2 Å². The van der Waals surface area contributed by atoms with Crippen LogP contribution in [0.5, 0.6) is 0 Å². The van der Waals surface area contributed by atoms with Crippen LogP contribution in [0.3, 0.4) is 0 Å². The van der Waals surface area contributed by atoms with Crippen molar-refractivity contribution in [3.05, 3.63) is 72.3 Å². The number of aryl methyl sites for hydroxylation is 1. The molecule has 0 unspecified atom stereocenters. The van der Waals surface area contributed by atoms with Crippen LogP contribution in [-0.2, 0) is 6.42 Å². The van der Waals surface area contributed by atoms with Gasteiger partial charge >= 0.3 is 0 Å².